The van der Waals surface area contributed by atoms with Gasteiger partial charge in [-0.1, -0.05) is 23.7 Å². The van der Waals surface area contributed by atoms with Crippen LogP contribution in [0.25, 0.3) is 0 Å². The number of hydrogen-bond donors (Lipinski definition) is 2. The van der Waals surface area contributed by atoms with Crippen LogP contribution in [-0.2, 0) is 0 Å². The van der Waals surface area contributed by atoms with Crippen LogP contribution in [0.4, 0.5) is 11.5 Å². The SMILES string of the molecule is Nc1ncc(Cl)cc1C(=O)C1CNc2ccccc2O1. The normalized spacial score (nSPS) is 16.8. The second-order valence-electron chi connectivity index (χ2n) is 4.43. The van der Waals surface area contributed by atoms with Crippen LogP contribution in [-0.4, -0.2) is 23.4 Å². The van der Waals surface area contributed by atoms with E-state index in [1.165, 1.54) is 12.3 Å². The predicted molar refractivity (Wildman–Crippen MR) is 77.3 cm³/mol. The molecule has 1 aliphatic heterocycles. The van der Waals surface area contributed by atoms with E-state index in [0.29, 0.717) is 17.3 Å². The second kappa shape index (κ2) is 5.02. The Balaban J connectivity index is 1.88. The monoisotopic (exact) mass is 289 g/mol. The first kappa shape index (κ1) is 12.7. The van der Waals surface area contributed by atoms with E-state index in [-0.39, 0.29) is 17.2 Å². The summed E-state index contributed by atoms with van der Waals surface area (Å²) < 4.78 is 5.70. The minimum atomic E-state index is -0.646. The Morgan fingerprint density at radius 3 is 3.10 bits per heavy atom. The van der Waals surface area contributed by atoms with E-state index in [0.717, 1.165) is 5.69 Å². The summed E-state index contributed by atoms with van der Waals surface area (Å²) in [5.41, 5.74) is 6.88. The molecule has 3 rings (SSSR count). The van der Waals surface area contributed by atoms with E-state index in [2.05, 4.69) is 10.3 Å². The smallest absolute Gasteiger partial charge is 0.208 e. The molecule has 20 heavy (non-hydrogen) atoms. The number of ether oxygens (including phenoxy) is 1. The van der Waals surface area contributed by atoms with Gasteiger partial charge in [0.2, 0.25) is 5.78 Å². The van der Waals surface area contributed by atoms with E-state index >= 15 is 0 Å². The number of pyridine rings is 1. The van der Waals surface area contributed by atoms with Gasteiger partial charge in [0.1, 0.15) is 11.6 Å². The number of carbonyl (C=O) groups is 1. The molecule has 0 saturated carbocycles. The van der Waals surface area contributed by atoms with Gasteiger partial charge in [0, 0.05) is 6.20 Å². The molecule has 1 aromatic heterocycles. The number of para-hydroxylation sites is 2. The molecule has 1 aliphatic rings. The summed E-state index contributed by atoms with van der Waals surface area (Å²) in [5, 5.41) is 3.52. The van der Waals surface area contributed by atoms with Crippen molar-refractivity contribution in [2.45, 2.75) is 6.10 Å². The number of Topliss-reactive ketones (excluding diaryl/α,β-unsaturated/α-hetero) is 1. The van der Waals surface area contributed by atoms with Crippen molar-refractivity contribution in [3.8, 4) is 5.75 Å². The molecule has 2 aromatic rings. The lowest BCUT2D eigenvalue weighted by Gasteiger charge is -2.26. The highest BCUT2D eigenvalue weighted by Gasteiger charge is 2.28. The van der Waals surface area contributed by atoms with E-state index in [4.69, 9.17) is 22.1 Å². The molecule has 102 valence electrons. The van der Waals surface area contributed by atoms with Crippen molar-refractivity contribution in [1.82, 2.24) is 4.98 Å². The first-order valence-corrected chi connectivity index (χ1v) is 6.48. The maximum Gasteiger partial charge on any atom is 0.208 e. The molecule has 0 amide bonds. The summed E-state index contributed by atoms with van der Waals surface area (Å²) in [6.45, 7) is 0.377. The lowest BCUT2D eigenvalue weighted by Crippen LogP contribution is -2.38. The summed E-state index contributed by atoms with van der Waals surface area (Å²) in [6, 6.07) is 8.96. The number of carbonyl (C=O) groups excluding carboxylic acids is 1. The van der Waals surface area contributed by atoms with Crippen LogP contribution in [0.15, 0.2) is 36.5 Å². The zero-order valence-electron chi connectivity index (χ0n) is 10.5. The summed E-state index contributed by atoms with van der Waals surface area (Å²) in [7, 11) is 0. The van der Waals surface area contributed by atoms with Crippen LogP contribution in [0, 0.1) is 0 Å². The van der Waals surface area contributed by atoms with Gasteiger partial charge in [0.05, 0.1) is 22.8 Å². The van der Waals surface area contributed by atoms with E-state index in [1.807, 2.05) is 18.2 Å². The van der Waals surface area contributed by atoms with E-state index in [9.17, 15) is 4.79 Å². The fourth-order valence-electron chi connectivity index (χ4n) is 2.08. The minimum absolute atomic E-state index is 0.154. The second-order valence-corrected chi connectivity index (χ2v) is 4.87. The fraction of sp³-hybridized carbons (Fsp3) is 0.143. The first-order valence-electron chi connectivity index (χ1n) is 6.10. The molecule has 1 unspecified atom stereocenters. The standard InChI is InChI=1S/C14H12ClN3O2/c15-8-5-9(14(16)18-6-8)13(19)12-7-17-10-3-1-2-4-11(10)20-12/h1-6,12,17H,7H2,(H2,16,18). The number of fused-ring (bicyclic) bond motifs is 1. The van der Waals surface area contributed by atoms with Gasteiger partial charge in [-0.15, -0.1) is 0 Å². The van der Waals surface area contributed by atoms with E-state index in [1.54, 1.807) is 6.07 Å². The third-order valence-electron chi connectivity index (χ3n) is 3.08. The number of hydrogen-bond acceptors (Lipinski definition) is 5. The van der Waals surface area contributed by atoms with Gasteiger partial charge in [-0.05, 0) is 18.2 Å². The molecule has 1 atom stereocenters. The molecule has 0 fully saturated rings. The van der Waals surface area contributed by atoms with Gasteiger partial charge in [-0.25, -0.2) is 4.98 Å². The Labute approximate surface area is 120 Å². The number of halogens is 1. The number of nitrogens with one attached hydrogen (secondary N) is 1. The fourth-order valence-corrected chi connectivity index (χ4v) is 2.24. The largest absolute Gasteiger partial charge is 0.478 e. The Morgan fingerprint density at radius 1 is 1.45 bits per heavy atom. The molecule has 0 radical (unpaired) electrons. The predicted octanol–water partition coefficient (Wildman–Crippen LogP) is 2.37. The number of nitrogens with two attached hydrogens (primary N) is 1. The van der Waals surface area contributed by atoms with Gasteiger partial charge >= 0.3 is 0 Å². The zero-order chi connectivity index (χ0) is 14.1. The Morgan fingerprint density at radius 2 is 2.25 bits per heavy atom. The third kappa shape index (κ3) is 2.28. The summed E-state index contributed by atoms with van der Waals surface area (Å²) in [5.74, 6) is 0.562. The van der Waals surface area contributed by atoms with Gasteiger partial charge in [0.25, 0.3) is 0 Å². The molecule has 3 N–H and O–H groups in total. The zero-order valence-corrected chi connectivity index (χ0v) is 11.2. The Hall–Kier alpha value is -2.27. The molecule has 0 bridgehead atoms. The van der Waals surface area contributed by atoms with Gasteiger partial charge < -0.3 is 15.8 Å². The van der Waals surface area contributed by atoms with Crippen molar-refractivity contribution in [1.29, 1.82) is 0 Å². The van der Waals surface area contributed by atoms with Crippen LogP contribution >= 0.6 is 11.6 Å². The quantitative estimate of drug-likeness (QED) is 0.830. The number of ketones is 1. The highest BCUT2D eigenvalue weighted by Crippen LogP contribution is 2.29. The summed E-state index contributed by atoms with van der Waals surface area (Å²) >= 11 is 5.85. The molecule has 0 aliphatic carbocycles. The Bertz CT molecular complexity index is 675. The number of nitrogens with zero attached hydrogens (tertiary/aromatic N) is 1. The van der Waals surface area contributed by atoms with Crippen molar-refractivity contribution in [2.24, 2.45) is 0 Å². The van der Waals surface area contributed by atoms with Gasteiger partial charge in [-0.2, -0.15) is 0 Å². The summed E-state index contributed by atoms with van der Waals surface area (Å²) in [6.07, 6.45) is 0.760. The van der Waals surface area contributed by atoms with Crippen LogP contribution in [0.5, 0.6) is 5.75 Å². The lowest BCUT2D eigenvalue weighted by atomic mass is 10.1. The van der Waals surface area contributed by atoms with Gasteiger partial charge in [0.15, 0.2) is 6.10 Å². The molecule has 6 heteroatoms. The minimum Gasteiger partial charge on any atom is -0.478 e. The van der Waals surface area contributed by atoms with Crippen LogP contribution < -0.4 is 15.8 Å². The number of rotatable bonds is 2. The first-order chi connectivity index (χ1) is 9.65. The lowest BCUT2D eigenvalue weighted by molar-refractivity contribution is 0.0802. The van der Waals surface area contributed by atoms with E-state index < -0.39 is 6.10 Å². The third-order valence-corrected chi connectivity index (χ3v) is 3.28. The molecular weight excluding hydrogens is 278 g/mol. The number of anilines is 2. The van der Waals surface area contributed by atoms with Crippen molar-refractivity contribution >= 4 is 28.9 Å². The molecule has 2 heterocycles. The van der Waals surface area contributed by atoms with Crippen molar-refractivity contribution in [3.63, 3.8) is 0 Å². The average molecular weight is 290 g/mol. The molecule has 0 saturated heterocycles. The molecule has 0 spiro atoms. The topological polar surface area (TPSA) is 77.2 Å². The maximum absolute atomic E-state index is 12.4. The maximum atomic E-state index is 12.4. The summed E-state index contributed by atoms with van der Waals surface area (Å²) in [4.78, 5) is 16.3. The van der Waals surface area contributed by atoms with Crippen molar-refractivity contribution in [2.75, 3.05) is 17.6 Å². The highest BCUT2D eigenvalue weighted by molar-refractivity contribution is 6.31. The Kier molecular flexibility index (Phi) is 3.20. The number of benzene rings is 1. The van der Waals surface area contributed by atoms with Crippen LogP contribution in [0.3, 0.4) is 0 Å². The molecular formula is C14H12ClN3O2. The highest BCUT2D eigenvalue weighted by atomic mass is 35.5. The van der Waals surface area contributed by atoms with Gasteiger partial charge in [-0.3, -0.25) is 4.79 Å². The van der Waals surface area contributed by atoms with Crippen LogP contribution in [0.2, 0.25) is 5.02 Å². The number of aromatic nitrogens is 1. The average Bonchev–Trinajstić information content (AvgIpc) is 2.48. The van der Waals surface area contributed by atoms with Crippen molar-refractivity contribution in [3.05, 3.63) is 47.1 Å². The number of nitrogen functional groups attached to an aromatic ring is 1. The van der Waals surface area contributed by atoms with Crippen molar-refractivity contribution < 1.29 is 9.53 Å². The van der Waals surface area contributed by atoms with Crippen LogP contribution in [0.1, 0.15) is 10.4 Å². The molecule has 1 aromatic carbocycles. The molecule has 5 nitrogen and oxygen atoms in total.